The van der Waals surface area contributed by atoms with E-state index in [1.54, 1.807) is 17.3 Å². The molecule has 1 saturated carbocycles. The lowest BCUT2D eigenvalue weighted by Gasteiger charge is -2.27. The number of hydrogen-bond acceptors (Lipinski definition) is 5. The Morgan fingerprint density at radius 1 is 1.14 bits per heavy atom. The number of amides is 3. The van der Waals surface area contributed by atoms with Crippen molar-refractivity contribution in [1.29, 1.82) is 0 Å². The third kappa shape index (κ3) is 3.94. The van der Waals surface area contributed by atoms with Crippen molar-refractivity contribution in [3.8, 4) is 0 Å². The van der Waals surface area contributed by atoms with Crippen molar-refractivity contribution < 1.29 is 19.1 Å². The first-order valence-electron chi connectivity index (χ1n) is 10.3. The van der Waals surface area contributed by atoms with Gasteiger partial charge in [-0.3, -0.25) is 24.3 Å². The first kappa shape index (κ1) is 19.1. The van der Waals surface area contributed by atoms with Crippen LogP contribution in [0.15, 0.2) is 24.5 Å². The number of imide groups is 1. The fourth-order valence-corrected chi connectivity index (χ4v) is 4.62. The Balaban J connectivity index is 1.46. The summed E-state index contributed by atoms with van der Waals surface area (Å²) < 4.78 is 5.70. The average Bonchev–Trinajstić information content (AvgIpc) is 3.31. The number of carbonyl (C=O) groups excluding carboxylic acids is 3. The third-order valence-electron chi connectivity index (χ3n) is 6.12. The maximum Gasteiger partial charge on any atom is 0.243 e. The molecule has 3 amide bonds. The molecule has 4 rings (SSSR count). The summed E-state index contributed by atoms with van der Waals surface area (Å²) in [6.45, 7) is 1.41. The maximum atomic E-state index is 13.1. The molecule has 28 heavy (non-hydrogen) atoms. The lowest BCUT2D eigenvalue weighted by molar-refractivity contribution is -0.147. The van der Waals surface area contributed by atoms with Crippen LogP contribution in [0, 0.1) is 11.8 Å². The van der Waals surface area contributed by atoms with Gasteiger partial charge in [-0.15, -0.1) is 0 Å². The van der Waals surface area contributed by atoms with Gasteiger partial charge >= 0.3 is 0 Å². The fraction of sp³-hybridized carbons (Fsp3) is 0.619. The van der Waals surface area contributed by atoms with E-state index in [1.807, 2.05) is 12.1 Å². The molecular formula is C21H27N3O4. The van der Waals surface area contributed by atoms with E-state index in [1.165, 1.54) is 4.90 Å². The Morgan fingerprint density at radius 2 is 1.89 bits per heavy atom. The normalized spacial score (nSPS) is 27.1. The van der Waals surface area contributed by atoms with E-state index in [9.17, 15) is 14.4 Å². The van der Waals surface area contributed by atoms with Crippen LogP contribution in [0.4, 0.5) is 0 Å². The molecule has 1 aromatic rings. The topological polar surface area (TPSA) is 79.8 Å². The zero-order valence-electron chi connectivity index (χ0n) is 16.1. The van der Waals surface area contributed by atoms with E-state index in [0.29, 0.717) is 19.7 Å². The number of likely N-dealkylation sites (tertiary alicyclic amines) is 1. The Bertz CT molecular complexity index is 708. The molecule has 3 atom stereocenters. The SMILES string of the molecule is O=C(CN1C(=O)C2CCCCC2C1=O)N(Cc1cccnc1)CC1CCCO1. The molecule has 2 aliphatic heterocycles. The van der Waals surface area contributed by atoms with Gasteiger partial charge in [-0.05, 0) is 37.3 Å². The number of hydrogen-bond donors (Lipinski definition) is 0. The Hall–Kier alpha value is -2.28. The number of fused-ring (bicyclic) bond motifs is 1. The molecular weight excluding hydrogens is 358 g/mol. The van der Waals surface area contributed by atoms with Gasteiger partial charge in [0.05, 0.1) is 17.9 Å². The zero-order chi connectivity index (χ0) is 19.5. The molecule has 2 saturated heterocycles. The summed E-state index contributed by atoms with van der Waals surface area (Å²) in [6.07, 6.45) is 8.82. The van der Waals surface area contributed by atoms with Crippen LogP contribution >= 0.6 is 0 Å². The van der Waals surface area contributed by atoms with Gasteiger partial charge in [0.25, 0.3) is 0 Å². The van der Waals surface area contributed by atoms with Crippen molar-refractivity contribution in [2.45, 2.75) is 51.2 Å². The minimum Gasteiger partial charge on any atom is -0.376 e. The van der Waals surface area contributed by atoms with Crippen LogP contribution in [0.1, 0.15) is 44.1 Å². The zero-order valence-corrected chi connectivity index (χ0v) is 16.1. The Labute approximate surface area is 165 Å². The second kappa shape index (κ2) is 8.39. The summed E-state index contributed by atoms with van der Waals surface area (Å²) in [4.78, 5) is 45.5. The fourth-order valence-electron chi connectivity index (χ4n) is 4.62. The van der Waals surface area contributed by atoms with E-state index < -0.39 is 0 Å². The number of nitrogens with zero attached hydrogens (tertiary/aromatic N) is 3. The van der Waals surface area contributed by atoms with Gasteiger partial charge < -0.3 is 9.64 Å². The largest absolute Gasteiger partial charge is 0.376 e. The molecule has 7 heteroatoms. The highest BCUT2D eigenvalue weighted by Crippen LogP contribution is 2.37. The standard InChI is InChI=1S/C21H27N3O4/c25-19(14-24-20(26)17-7-1-2-8-18(17)21(24)27)23(13-16-6-4-10-28-16)12-15-5-3-9-22-11-15/h3,5,9,11,16-18H,1-2,4,6-8,10,12-14H2. The molecule has 0 N–H and O–H groups in total. The number of pyridine rings is 1. The quantitative estimate of drug-likeness (QED) is 0.697. The highest BCUT2D eigenvalue weighted by molar-refractivity contribution is 6.07. The Kier molecular flexibility index (Phi) is 5.71. The van der Waals surface area contributed by atoms with Crippen LogP contribution in [0.3, 0.4) is 0 Å². The number of aromatic nitrogens is 1. The summed E-state index contributed by atoms with van der Waals surface area (Å²) in [7, 11) is 0. The lowest BCUT2D eigenvalue weighted by Crippen LogP contribution is -2.45. The molecule has 0 bridgehead atoms. The second-order valence-electron chi connectivity index (χ2n) is 8.03. The van der Waals surface area contributed by atoms with Gasteiger partial charge in [0, 0.05) is 32.1 Å². The second-order valence-corrected chi connectivity index (χ2v) is 8.03. The highest BCUT2D eigenvalue weighted by atomic mass is 16.5. The van der Waals surface area contributed by atoms with Crippen LogP contribution in [0.25, 0.3) is 0 Å². The molecule has 1 aromatic heterocycles. The third-order valence-corrected chi connectivity index (χ3v) is 6.12. The predicted octanol–water partition coefficient (Wildman–Crippen LogP) is 1.76. The van der Waals surface area contributed by atoms with Crippen molar-refractivity contribution in [3.63, 3.8) is 0 Å². The number of ether oxygens (including phenoxy) is 1. The van der Waals surface area contributed by atoms with E-state index in [0.717, 1.165) is 44.1 Å². The minimum absolute atomic E-state index is 0.00758. The van der Waals surface area contributed by atoms with E-state index in [-0.39, 0.29) is 42.2 Å². The highest BCUT2D eigenvalue weighted by Gasteiger charge is 2.48. The van der Waals surface area contributed by atoms with E-state index in [2.05, 4.69) is 4.98 Å². The lowest BCUT2D eigenvalue weighted by atomic mass is 9.81. The molecule has 3 heterocycles. The summed E-state index contributed by atoms with van der Waals surface area (Å²) >= 11 is 0. The van der Waals surface area contributed by atoms with Gasteiger partial charge in [-0.2, -0.15) is 0 Å². The van der Waals surface area contributed by atoms with Crippen LogP contribution in [0.5, 0.6) is 0 Å². The van der Waals surface area contributed by atoms with Crippen LogP contribution in [-0.4, -0.2) is 58.3 Å². The smallest absolute Gasteiger partial charge is 0.243 e. The summed E-state index contributed by atoms with van der Waals surface area (Å²) in [5.74, 6) is -0.985. The van der Waals surface area contributed by atoms with Gasteiger partial charge in [-0.1, -0.05) is 18.9 Å². The summed E-state index contributed by atoms with van der Waals surface area (Å²) in [5.41, 5.74) is 0.918. The molecule has 3 unspecified atom stereocenters. The van der Waals surface area contributed by atoms with Crippen molar-refractivity contribution in [3.05, 3.63) is 30.1 Å². The van der Waals surface area contributed by atoms with E-state index in [4.69, 9.17) is 4.74 Å². The molecule has 7 nitrogen and oxygen atoms in total. The minimum atomic E-state index is -0.223. The van der Waals surface area contributed by atoms with Crippen LogP contribution in [-0.2, 0) is 25.7 Å². The molecule has 0 radical (unpaired) electrons. The van der Waals surface area contributed by atoms with E-state index >= 15 is 0 Å². The molecule has 0 aromatic carbocycles. The average molecular weight is 385 g/mol. The predicted molar refractivity (Wildman–Crippen MR) is 101 cm³/mol. The van der Waals surface area contributed by atoms with Gasteiger partial charge in [0.2, 0.25) is 17.7 Å². The van der Waals surface area contributed by atoms with Crippen molar-refractivity contribution in [2.24, 2.45) is 11.8 Å². The van der Waals surface area contributed by atoms with Gasteiger partial charge in [0.1, 0.15) is 6.54 Å². The van der Waals surface area contributed by atoms with Crippen LogP contribution in [0.2, 0.25) is 0 Å². The first-order chi connectivity index (χ1) is 13.6. The Morgan fingerprint density at radius 3 is 2.50 bits per heavy atom. The van der Waals surface area contributed by atoms with Gasteiger partial charge in [-0.25, -0.2) is 0 Å². The monoisotopic (exact) mass is 385 g/mol. The number of rotatable bonds is 6. The van der Waals surface area contributed by atoms with Gasteiger partial charge in [0.15, 0.2) is 0 Å². The van der Waals surface area contributed by atoms with Crippen molar-refractivity contribution in [2.75, 3.05) is 19.7 Å². The first-order valence-corrected chi connectivity index (χ1v) is 10.3. The summed E-state index contributed by atoms with van der Waals surface area (Å²) in [6, 6.07) is 3.76. The maximum absolute atomic E-state index is 13.1. The molecule has 3 aliphatic rings. The van der Waals surface area contributed by atoms with Crippen molar-refractivity contribution >= 4 is 17.7 Å². The summed E-state index contributed by atoms with van der Waals surface area (Å²) in [5, 5.41) is 0. The molecule has 0 spiro atoms. The molecule has 150 valence electrons. The molecule has 1 aliphatic carbocycles. The van der Waals surface area contributed by atoms with Crippen molar-refractivity contribution in [1.82, 2.24) is 14.8 Å². The molecule has 3 fully saturated rings. The van der Waals surface area contributed by atoms with Crippen LogP contribution < -0.4 is 0 Å². The number of carbonyl (C=O) groups is 3.